The molecule has 0 aliphatic rings. The third-order valence-corrected chi connectivity index (χ3v) is 2.86. The number of aromatic amines is 1. The lowest BCUT2D eigenvalue weighted by Crippen LogP contribution is -2.05. The molecule has 0 aliphatic carbocycles. The van der Waals surface area contributed by atoms with Crippen LogP contribution in [0, 0.1) is 5.82 Å². The first-order chi connectivity index (χ1) is 7.65. The number of hydrogen-bond acceptors (Lipinski definition) is 3. The van der Waals surface area contributed by atoms with Gasteiger partial charge in [0, 0.05) is 0 Å². The van der Waals surface area contributed by atoms with Gasteiger partial charge >= 0.3 is 5.97 Å². The molecule has 0 unspecified atom stereocenters. The number of nitrogens with one attached hydrogen (secondary N) is 1. The number of hydrogen-bond donors (Lipinski definition) is 1. The highest BCUT2D eigenvalue weighted by molar-refractivity contribution is 9.10. The van der Waals surface area contributed by atoms with E-state index in [0.717, 1.165) is 0 Å². The van der Waals surface area contributed by atoms with Gasteiger partial charge in [-0.1, -0.05) is 0 Å². The molecule has 0 aliphatic heterocycles. The van der Waals surface area contributed by atoms with Crippen molar-refractivity contribution in [3.63, 3.8) is 0 Å². The monoisotopic (exact) mass is 286 g/mol. The van der Waals surface area contributed by atoms with E-state index in [1.165, 1.54) is 12.1 Å². The Balaban J connectivity index is 2.63. The molecule has 0 saturated heterocycles. The maximum atomic E-state index is 13.3. The van der Waals surface area contributed by atoms with Crippen molar-refractivity contribution in [2.24, 2.45) is 0 Å². The first-order valence-electron chi connectivity index (χ1n) is 4.64. The largest absolute Gasteiger partial charge is 0.461 e. The van der Waals surface area contributed by atoms with Crippen LogP contribution in [0.2, 0.25) is 0 Å². The summed E-state index contributed by atoms with van der Waals surface area (Å²) in [6, 6.07) is 2.81. The third-order valence-electron chi connectivity index (χ3n) is 2.09. The van der Waals surface area contributed by atoms with Crippen molar-refractivity contribution >= 4 is 32.8 Å². The number of ether oxygens (including phenoxy) is 1. The number of carbonyl (C=O) groups excluding carboxylic acids is 1. The molecule has 1 N–H and O–H groups in total. The quantitative estimate of drug-likeness (QED) is 0.864. The van der Waals surface area contributed by atoms with Crippen LogP contribution < -0.4 is 0 Å². The number of rotatable bonds is 2. The number of fused-ring (bicyclic) bond motifs is 1. The molecule has 1 aromatic carbocycles. The molecular formula is C10H8BrFN2O2. The summed E-state index contributed by atoms with van der Waals surface area (Å²) in [4.78, 5) is 11.5. The zero-order chi connectivity index (χ0) is 11.7. The fourth-order valence-electron chi connectivity index (χ4n) is 1.39. The number of halogens is 2. The molecule has 16 heavy (non-hydrogen) atoms. The number of benzene rings is 1. The van der Waals surface area contributed by atoms with Gasteiger partial charge in [-0.3, -0.25) is 5.10 Å². The van der Waals surface area contributed by atoms with Crippen LogP contribution in [0.25, 0.3) is 10.9 Å². The summed E-state index contributed by atoms with van der Waals surface area (Å²) < 4.78 is 18.3. The molecule has 0 fully saturated rings. The molecule has 2 aromatic rings. The lowest BCUT2D eigenvalue weighted by atomic mass is 10.2. The average molecular weight is 287 g/mol. The van der Waals surface area contributed by atoms with E-state index in [0.29, 0.717) is 10.9 Å². The first kappa shape index (κ1) is 11.1. The lowest BCUT2D eigenvalue weighted by molar-refractivity contribution is 0.0521. The smallest absolute Gasteiger partial charge is 0.359 e. The fraction of sp³-hybridized carbons (Fsp3) is 0.200. The highest BCUT2D eigenvalue weighted by atomic mass is 79.9. The minimum absolute atomic E-state index is 0.0863. The Hall–Kier alpha value is -1.43. The maximum Gasteiger partial charge on any atom is 0.359 e. The molecule has 2 rings (SSSR count). The molecule has 6 heteroatoms. The molecule has 0 radical (unpaired) electrons. The van der Waals surface area contributed by atoms with E-state index >= 15 is 0 Å². The summed E-state index contributed by atoms with van der Waals surface area (Å²) in [7, 11) is 0. The van der Waals surface area contributed by atoms with Crippen molar-refractivity contribution in [2.45, 2.75) is 6.92 Å². The Kier molecular flexibility index (Phi) is 2.91. The van der Waals surface area contributed by atoms with Crippen molar-refractivity contribution in [3.05, 3.63) is 28.1 Å². The standard InChI is InChI=1S/C10H8BrFN2O2/c1-2-16-10(15)9-7-6(13-14-9)4-3-5(12)8(7)11/h3-4H,2H2,1H3,(H,13,14). The second-order valence-electron chi connectivity index (χ2n) is 3.08. The van der Waals surface area contributed by atoms with Gasteiger partial charge in [0.25, 0.3) is 0 Å². The van der Waals surface area contributed by atoms with Gasteiger partial charge < -0.3 is 4.74 Å². The Morgan fingerprint density at radius 3 is 3.06 bits per heavy atom. The number of nitrogens with zero attached hydrogens (tertiary/aromatic N) is 1. The van der Waals surface area contributed by atoms with Gasteiger partial charge in [0.05, 0.1) is 22.0 Å². The Morgan fingerprint density at radius 2 is 2.38 bits per heavy atom. The van der Waals surface area contributed by atoms with Crippen molar-refractivity contribution in [3.8, 4) is 0 Å². The van der Waals surface area contributed by atoms with Crippen LogP contribution in [0.3, 0.4) is 0 Å². The van der Waals surface area contributed by atoms with E-state index in [1.54, 1.807) is 6.92 Å². The van der Waals surface area contributed by atoms with Crippen LogP contribution in [0.1, 0.15) is 17.4 Å². The Morgan fingerprint density at radius 1 is 1.62 bits per heavy atom. The summed E-state index contributed by atoms with van der Waals surface area (Å²) in [5.41, 5.74) is 0.666. The van der Waals surface area contributed by atoms with Crippen LogP contribution in [-0.4, -0.2) is 22.8 Å². The summed E-state index contributed by atoms with van der Waals surface area (Å²) >= 11 is 3.09. The maximum absolute atomic E-state index is 13.3. The van der Waals surface area contributed by atoms with Gasteiger partial charge in [-0.15, -0.1) is 0 Å². The molecule has 1 aromatic heterocycles. The number of esters is 1. The van der Waals surface area contributed by atoms with E-state index in [9.17, 15) is 9.18 Å². The molecule has 0 amide bonds. The van der Waals surface area contributed by atoms with Crippen LogP contribution in [0.5, 0.6) is 0 Å². The van der Waals surface area contributed by atoms with Crippen LogP contribution in [0.15, 0.2) is 16.6 Å². The summed E-state index contributed by atoms with van der Waals surface area (Å²) in [6.07, 6.45) is 0. The Labute approximate surface area is 98.9 Å². The van der Waals surface area contributed by atoms with Crippen molar-refractivity contribution in [1.29, 1.82) is 0 Å². The van der Waals surface area contributed by atoms with E-state index in [-0.39, 0.29) is 16.8 Å². The topological polar surface area (TPSA) is 55.0 Å². The molecule has 0 saturated carbocycles. The van der Waals surface area contributed by atoms with Crippen molar-refractivity contribution in [2.75, 3.05) is 6.61 Å². The number of aromatic nitrogens is 2. The van der Waals surface area contributed by atoms with Gasteiger partial charge in [-0.05, 0) is 35.0 Å². The molecular weight excluding hydrogens is 279 g/mol. The van der Waals surface area contributed by atoms with E-state index in [2.05, 4.69) is 26.1 Å². The van der Waals surface area contributed by atoms with E-state index < -0.39 is 11.8 Å². The van der Waals surface area contributed by atoms with Crippen LogP contribution in [-0.2, 0) is 4.74 Å². The van der Waals surface area contributed by atoms with E-state index in [4.69, 9.17) is 4.74 Å². The molecule has 0 atom stereocenters. The summed E-state index contributed by atoms with van der Waals surface area (Å²) in [5.74, 6) is -1.01. The minimum atomic E-state index is -0.569. The van der Waals surface area contributed by atoms with Gasteiger partial charge in [0.15, 0.2) is 5.69 Å². The van der Waals surface area contributed by atoms with Gasteiger partial charge in [-0.2, -0.15) is 5.10 Å². The van der Waals surface area contributed by atoms with E-state index in [1.807, 2.05) is 0 Å². The van der Waals surface area contributed by atoms with Crippen LogP contribution >= 0.6 is 15.9 Å². The SMILES string of the molecule is CCOC(=O)c1n[nH]c2ccc(F)c(Br)c12. The molecule has 4 nitrogen and oxygen atoms in total. The normalized spacial score (nSPS) is 10.7. The molecule has 0 bridgehead atoms. The summed E-state index contributed by atoms with van der Waals surface area (Å²) in [6.45, 7) is 1.95. The second-order valence-corrected chi connectivity index (χ2v) is 3.87. The Bertz CT molecular complexity index is 553. The van der Waals surface area contributed by atoms with Gasteiger partial charge in [-0.25, -0.2) is 9.18 Å². The highest BCUT2D eigenvalue weighted by Crippen LogP contribution is 2.28. The fourth-order valence-corrected chi connectivity index (χ4v) is 1.93. The molecule has 84 valence electrons. The zero-order valence-corrected chi connectivity index (χ0v) is 9.97. The zero-order valence-electron chi connectivity index (χ0n) is 8.38. The van der Waals surface area contributed by atoms with Crippen molar-refractivity contribution in [1.82, 2.24) is 10.2 Å². The highest BCUT2D eigenvalue weighted by Gasteiger charge is 2.19. The van der Waals surface area contributed by atoms with Crippen LogP contribution in [0.4, 0.5) is 4.39 Å². The van der Waals surface area contributed by atoms with Gasteiger partial charge in [0.1, 0.15) is 5.82 Å². The lowest BCUT2D eigenvalue weighted by Gasteiger charge is -2.00. The number of H-pyrrole nitrogens is 1. The molecule has 0 spiro atoms. The van der Waals surface area contributed by atoms with Gasteiger partial charge in [0.2, 0.25) is 0 Å². The first-order valence-corrected chi connectivity index (χ1v) is 5.43. The predicted molar refractivity (Wildman–Crippen MR) is 59.7 cm³/mol. The summed E-state index contributed by atoms with van der Waals surface area (Å²) in [5, 5.41) is 6.87. The second kappa shape index (κ2) is 4.21. The molecule has 1 heterocycles. The number of carbonyl (C=O) groups is 1. The average Bonchev–Trinajstić information content (AvgIpc) is 2.68. The predicted octanol–water partition coefficient (Wildman–Crippen LogP) is 2.64. The van der Waals surface area contributed by atoms with Crippen molar-refractivity contribution < 1.29 is 13.9 Å². The third kappa shape index (κ3) is 1.69. The minimum Gasteiger partial charge on any atom is -0.461 e.